The molecule has 0 aliphatic carbocycles. The molecule has 0 aliphatic heterocycles. The Morgan fingerprint density at radius 3 is 2.32 bits per heavy atom. The van der Waals surface area contributed by atoms with Gasteiger partial charge in [-0.25, -0.2) is 9.48 Å². The first-order chi connectivity index (χ1) is 16.3. The molecule has 0 bridgehead atoms. The van der Waals surface area contributed by atoms with Crippen LogP contribution in [0.5, 0.6) is 5.88 Å². The van der Waals surface area contributed by atoms with Gasteiger partial charge in [0.2, 0.25) is 5.88 Å². The number of hydrogen-bond donors (Lipinski definition) is 0. The van der Waals surface area contributed by atoms with E-state index in [9.17, 15) is 4.79 Å². The van der Waals surface area contributed by atoms with Crippen molar-refractivity contribution in [2.24, 2.45) is 0 Å². The first kappa shape index (κ1) is 24.3. The van der Waals surface area contributed by atoms with E-state index in [1.165, 1.54) is 0 Å². The number of ether oxygens (including phenoxy) is 1. The van der Waals surface area contributed by atoms with E-state index >= 15 is 0 Å². The van der Waals surface area contributed by atoms with Crippen molar-refractivity contribution in [3.63, 3.8) is 0 Å². The Bertz CT molecular complexity index is 1340. The minimum absolute atomic E-state index is 0.0506. The summed E-state index contributed by atoms with van der Waals surface area (Å²) in [4.78, 5) is 17.1. The van der Waals surface area contributed by atoms with Gasteiger partial charge in [0, 0.05) is 17.4 Å². The second kappa shape index (κ2) is 10.2. The minimum Gasteiger partial charge on any atom is -0.403 e. The van der Waals surface area contributed by atoms with Gasteiger partial charge in [0.1, 0.15) is 0 Å². The summed E-state index contributed by atoms with van der Waals surface area (Å²) in [5, 5.41) is 6.37. The zero-order valence-electron chi connectivity index (χ0n) is 18.8. The fraction of sp³-hybridized carbons (Fsp3) is 0.192. The van der Waals surface area contributed by atoms with Crippen LogP contribution in [0.15, 0.2) is 67.0 Å². The predicted molar refractivity (Wildman–Crippen MR) is 136 cm³/mol. The molecule has 1 unspecified atom stereocenters. The topological polar surface area (TPSA) is 57.0 Å². The zero-order valence-corrected chi connectivity index (χ0v) is 21.1. The first-order valence-corrected chi connectivity index (χ1v) is 11.8. The number of nitrogens with zero attached hydrogens (tertiary/aromatic N) is 3. The number of pyridine rings is 1. The van der Waals surface area contributed by atoms with Gasteiger partial charge in [-0.1, -0.05) is 66.8 Å². The Morgan fingerprint density at radius 2 is 1.68 bits per heavy atom. The third-order valence-corrected chi connectivity index (χ3v) is 6.43. The molecule has 2 aromatic carbocycles. The second-order valence-electron chi connectivity index (χ2n) is 8.15. The van der Waals surface area contributed by atoms with Crippen molar-refractivity contribution in [3.8, 4) is 17.0 Å². The van der Waals surface area contributed by atoms with Crippen LogP contribution < -0.4 is 4.74 Å². The maximum absolute atomic E-state index is 13.1. The summed E-state index contributed by atoms with van der Waals surface area (Å²) in [6, 6.07) is 15.7. The van der Waals surface area contributed by atoms with Crippen molar-refractivity contribution < 1.29 is 9.53 Å². The average Bonchev–Trinajstić information content (AvgIpc) is 3.20. The number of carbonyl (C=O) groups excluding carboxylic acids is 1. The summed E-state index contributed by atoms with van der Waals surface area (Å²) < 4.78 is 7.73. The third kappa shape index (κ3) is 4.97. The molecule has 5 nitrogen and oxygen atoms in total. The molecule has 2 aromatic heterocycles. The van der Waals surface area contributed by atoms with E-state index in [1.54, 1.807) is 47.4 Å². The van der Waals surface area contributed by atoms with Crippen molar-refractivity contribution in [1.82, 2.24) is 14.8 Å². The first-order valence-electron chi connectivity index (χ1n) is 10.7. The highest BCUT2D eigenvalue weighted by atomic mass is 35.5. The number of rotatable bonds is 6. The highest BCUT2D eigenvalue weighted by molar-refractivity contribution is 6.42. The molecular weight excluding hydrogens is 493 g/mol. The lowest BCUT2D eigenvalue weighted by Crippen LogP contribution is -2.16. The Balaban J connectivity index is 1.91. The number of halogens is 3. The Morgan fingerprint density at radius 1 is 0.941 bits per heavy atom. The standard InChI is InChI=1S/C26H22Cl3N3O2/c1-15(2)24-23(19-5-4-6-20(27)13-19)25(34-26(33)17-9-11-30-12-10-17)32(31-24)16(3)18-7-8-21(28)22(29)14-18/h4-16H,1-3H3. The molecule has 0 amide bonds. The highest BCUT2D eigenvalue weighted by Crippen LogP contribution is 2.41. The predicted octanol–water partition coefficient (Wildman–Crippen LogP) is 7.86. The van der Waals surface area contributed by atoms with E-state index in [0.29, 0.717) is 32.1 Å². The molecule has 4 aromatic rings. The van der Waals surface area contributed by atoms with Crippen molar-refractivity contribution >= 4 is 40.8 Å². The summed E-state index contributed by atoms with van der Waals surface area (Å²) >= 11 is 18.7. The SMILES string of the molecule is CC(C)c1nn(C(C)c2ccc(Cl)c(Cl)c2)c(OC(=O)c2ccncc2)c1-c1cccc(Cl)c1. The van der Waals surface area contributed by atoms with E-state index in [0.717, 1.165) is 16.8 Å². The van der Waals surface area contributed by atoms with Gasteiger partial charge >= 0.3 is 5.97 Å². The Hall–Kier alpha value is -2.86. The Labute approximate surface area is 213 Å². The number of hydrogen-bond acceptors (Lipinski definition) is 4. The van der Waals surface area contributed by atoms with E-state index in [2.05, 4.69) is 4.98 Å². The number of benzene rings is 2. The van der Waals surface area contributed by atoms with Crippen LogP contribution in [0.25, 0.3) is 11.1 Å². The fourth-order valence-electron chi connectivity index (χ4n) is 3.66. The number of esters is 1. The second-order valence-corrected chi connectivity index (χ2v) is 9.40. The maximum atomic E-state index is 13.1. The van der Waals surface area contributed by atoms with Crippen molar-refractivity contribution in [3.05, 3.63) is 98.9 Å². The molecule has 0 saturated carbocycles. The van der Waals surface area contributed by atoms with Crippen LogP contribution >= 0.6 is 34.8 Å². The molecule has 0 N–H and O–H groups in total. The maximum Gasteiger partial charge on any atom is 0.344 e. The molecule has 1 atom stereocenters. The minimum atomic E-state index is -0.511. The molecule has 34 heavy (non-hydrogen) atoms. The van der Waals surface area contributed by atoms with Gasteiger partial charge in [0.15, 0.2) is 0 Å². The van der Waals surface area contributed by atoms with Crippen LogP contribution in [0.2, 0.25) is 15.1 Å². The van der Waals surface area contributed by atoms with Crippen molar-refractivity contribution in [2.45, 2.75) is 32.7 Å². The normalized spacial score (nSPS) is 12.1. The van der Waals surface area contributed by atoms with Gasteiger partial charge in [0.25, 0.3) is 0 Å². The molecule has 0 radical (unpaired) electrons. The zero-order chi connectivity index (χ0) is 24.4. The Kier molecular flexibility index (Phi) is 7.27. The van der Waals surface area contributed by atoms with Gasteiger partial charge in [-0.05, 0) is 60.4 Å². The molecule has 0 aliphatic rings. The van der Waals surface area contributed by atoms with Crippen molar-refractivity contribution in [2.75, 3.05) is 0 Å². The fourth-order valence-corrected chi connectivity index (χ4v) is 4.16. The summed E-state index contributed by atoms with van der Waals surface area (Å²) in [6.45, 7) is 6.04. The van der Waals surface area contributed by atoms with E-state index < -0.39 is 5.97 Å². The molecule has 8 heteroatoms. The quantitative estimate of drug-likeness (QED) is 0.246. The third-order valence-electron chi connectivity index (χ3n) is 5.45. The van der Waals surface area contributed by atoms with Gasteiger partial charge in [-0.3, -0.25) is 4.98 Å². The summed E-state index contributed by atoms with van der Waals surface area (Å²) in [5.74, 6) is -0.135. The summed E-state index contributed by atoms with van der Waals surface area (Å²) in [5.41, 5.74) is 3.55. The van der Waals surface area contributed by atoms with Crippen LogP contribution in [-0.4, -0.2) is 20.7 Å². The lowest BCUT2D eigenvalue weighted by Gasteiger charge is -2.17. The van der Waals surface area contributed by atoms with Crippen molar-refractivity contribution in [1.29, 1.82) is 0 Å². The van der Waals surface area contributed by atoms with Crippen LogP contribution in [0.1, 0.15) is 54.3 Å². The largest absolute Gasteiger partial charge is 0.403 e. The van der Waals surface area contributed by atoms with E-state index in [4.69, 9.17) is 44.6 Å². The molecular formula is C26H22Cl3N3O2. The van der Waals surface area contributed by atoms with E-state index in [-0.39, 0.29) is 12.0 Å². The molecule has 4 rings (SSSR count). The summed E-state index contributed by atoms with van der Waals surface area (Å²) in [7, 11) is 0. The molecule has 0 saturated heterocycles. The van der Waals surface area contributed by atoms with Crippen LogP contribution in [-0.2, 0) is 0 Å². The molecule has 0 fully saturated rings. The number of aromatic nitrogens is 3. The number of carbonyl (C=O) groups is 1. The molecule has 0 spiro atoms. The van der Waals surface area contributed by atoms with E-state index in [1.807, 2.05) is 45.0 Å². The van der Waals surface area contributed by atoms with Crippen LogP contribution in [0, 0.1) is 0 Å². The average molecular weight is 515 g/mol. The van der Waals surface area contributed by atoms with Gasteiger partial charge < -0.3 is 4.74 Å². The highest BCUT2D eigenvalue weighted by Gasteiger charge is 2.28. The lowest BCUT2D eigenvalue weighted by atomic mass is 9.99. The monoisotopic (exact) mass is 513 g/mol. The lowest BCUT2D eigenvalue weighted by molar-refractivity contribution is 0.0717. The summed E-state index contributed by atoms with van der Waals surface area (Å²) in [6.07, 6.45) is 3.09. The van der Waals surface area contributed by atoms with Crippen LogP contribution in [0.4, 0.5) is 0 Å². The van der Waals surface area contributed by atoms with Gasteiger partial charge in [0.05, 0.1) is 32.9 Å². The molecule has 2 heterocycles. The van der Waals surface area contributed by atoms with Gasteiger partial charge in [-0.2, -0.15) is 5.10 Å². The smallest absolute Gasteiger partial charge is 0.344 e. The van der Waals surface area contributed by atoms with Gasteiger partial charge in [-0.15, -0.1) is 0 Å². The molecule has 174 valence electrons. The van der Waals surface area contributed by atoms with Crippen LogP contribution in [0.3, 0.4) is 0 Å².